The number of unbranched alkanes of at least 4 members (excludes halogenated alkanes) is 1. The normalized spacial score (nSPS) is 11.9. The van der Waals surface area contributed by atoms with Crippen LogP contribution in [0.4, 0.5) is 0 Å². The maximum atomic E-state index is 12.3. The SMILES string of the molecule is CCCCN(CCCNC(C)C)C(=O)CC(C)(C)C. The third-order valence-electron chi connectivity index (χ3n) is 2.97. The second-order valence-corrected chi connectivity index (χ2v) is 6.93. The molecule has 19 heavy (non-hydrogen) atoms. The van der Waals surface area contributed by atoms with Crippen molar-refractivity contribution in [1.82, 2.24) is 10.2 Å². The Hall–Kier alpha value is -0.570. The summed E-state index contributed by atoms with van der Waals surface area (Å²) in [6.07, 6.45) is 3.93. The molecule has 0 aromatic carbocycles. The number of carbonyl (C=O) groups excluding carboxylic acids is 1. The molecule has 0 saturated carbocycles. The fourth-order valence-corrected chi connectivity index (χ4v) is 1.94. The van der Waals surface area contributed by atoms with Crippen LogP contribution in [-0.2, 0) is 4.79 Å². The first-order valence-corrected chi connectivity index (χ1v) is 7.77. The first-order valence-electron chi connectivity index (χ1n) is 7.77. The van der Waals surface area contributed by atoms with Crippen LogP contribution in [0.3, 0.4) is 0 Å². The zero-order valence-electron chi connectivity index (χ0n) is 13.9. The number of amides is 1. The van der Waals surface area contributed by atoms with E-state index in [1.54, 1.807) is 0 Å². The van der Waals surface area contributed by atoms with Crippen LogP contribution in [0.25, 0.3) is 0 Å². The number of nitrogens with one attached hydrogen (secondary N) is 1. The van der Waals surface area contributed by atoms with E-state index in [-0.39, 0.29) is 5.41 Å². The van der Waals surface area contributed by atoms with Gasteiger partial charge in [0.25, 0.3) is 0 Å². The molecule has 3 nitrogen and oxygen atoms in total. The maximum Gasteiger partial charge on any atom is 0.223 e. The van der Waals surface area contributed by atoms with Crippen LogP contribution in [0, 0.1) is 5.41 Å². The highest BCUT2D eigenvalue weighted by molar-refractivity contribution is 5.76. The Kier molecular flexibility index (Phi) is 9.07. The minimum atomic E-state index is 0.0811. The average molecular weight is 270 g/mol. The third-order valence-corrected chi connectivity index (χ3v) is 2.97. The lowest BCUT2D eigenvalue weighted by Gasteiger charge is -2.27. The Morgan fingerprint density at radius 2 is 1.74 bits per heavy atom. The largest absolute Gasteiger partial charge is 0.343 e. The molecule has 0 aliphatic rings. The molecule has 1 N–H and O–H groups in total. The van der Waals surface area contributed by atoms with E-state index >= 15 is 0 Å². The van der Waals surface area contributed by atoms with Crippen molar-refractivity contribution in [1.29, 1.82) is 0 Å². The molecule has 0 saturated heterocycles. The van der Waals surface area contributed by atoms with Crippen LogP contribution in [0.15, 0.2) is 0 Å². The van der Waals surface area contributed by atoms with Gasteiger partial charge in [-0.25, -0.2) is 0 Å². The quantitative estimate of drug-likeness (QED) is 0.651. The van der Waals surface area contributed by atoms with Crippen molar-refractivity contribution in [3.8, 4) is 0 Å². The van der Waals surface area contributed by atoms with Crippen molar-refractivity contribution >= 4 is 5.91 Å². The standard InChI is InChI=1S/C16H34N2O/c1-7-8-11-18(12-9-10-17-14(2)3)15(19)13-16(4,5)6/h14,17H,7-13H2,1-6H3. The predicted octanol–water partition coefficient (Wildman–Crippen LogP) is 3.44. The second-order valence-electron chi connectivity index (χ2n) is 6.93. The van der Waals surface area contributed by atoms with Gasteiger partial charge in [-0.3, -0.25) is 4.79 Å². The zero-order valence-corrected chi connectivity index (χ0v) is 13.9. The van der Waals surface area contributed by atoms with E-state index in [0.717, 1.165) is 38.9 Å². The van der Waals surface area contributed by atoms with Gasteiger partial charge in [-0.15, -0.1) is 0 Å². The van der Waals surface area contributed by atoms with E-state index in [4.69, 9.17) is 0 Å². The summed E-state index contributed by atoms with van der Waals surface area (Å²) in [4.78, 5) is 14.4. The van der Waals surface area contributed by atoms with Crippen LogP contribution >= 0.6 is 0 Å². The first-order chi connectivity index (χ1) is 8.76. The lowest BCUT2D eigenvalue weighted by Crippen LogP contribution is -2.36. The van der Waals surface area contributed by atoms with Crippen LogP contribution in [0.1, 0.15) is 67.2 Å². The van der Waals surface area contributed by atoms with Gasteiger partial charge in [-0.2, -0.15) is 0 Å². The van der Waals surface area contributed by atoms with E-state index < -0.39 is 0 Å². The van der Waals surface area contributed by atoms with Crippen molar-refractivity contribution in [2.45, 2.75) is 73.3 Å². The van der Waals surface area contributed by atoms with Gasteiger partial charge in [0.2, 0.25) is 5.91 Å². The zero-order chi connectivity index (χ0) is 14.9. The van der Waals surface area contributed by atoms with Crippen LogP contribution in [0.5, 0.6) is 0 Å². The topological polar surface area (TPSA) is 32.3 Å². The molecule has 114 valence electrons. The smallest absolute Gasteiger partial charge is 0.223 e. The van der Waals surface area contributed by atoms with Gasteiger partial charge in [0.1, 0.15) is 0 Å². The number of rotatable bonds is 9. The summed E-state index contributed by atoms with van der Waals surface area (Å²) in [6.45, 7) is 15.6. The van der Waals surface area contributed by atoms with Gasteiger partial charge in [0.05, 0.1) is 0 Å². The van der Waals surface area contributed by atoms with E-state index in [9.17, 15) is 4.79 Å². The molecule has 0 aromatic heterocycles. The summed E-state index contributed by atoms with van der Waals surface area (Å²) >= 11 is 0. The van der Waals surface area contributed by atoms with Gasteiger partial charge in [0.15, 0.2) is 0 Å². The van der Waals surface area contributed by atoms with Gasteiger partial charge in [-0.05, 0) is 24.8 Å². The van der Waals surface area contributed by atoms with Crippen molar-refractivity contribution in [2.24, 2.45) is 5.41 Å². The summed E-state index contributed by atoms with van der Waals surface area (Å²) in [7, 11) is 0. The Morgan fingerprint density at radius 3 is 2.21 bits per heavy atom. The molecular weight excluding hydrogens is 236 g/mol. The Balaban J connectivity index is 4.17. The maximum absolute atomic E-state index is 12.3. The van der Waals surface area contributed by atoms with E-state index in [1.165, 1.54) is 0 Å². The number of nitrogens with zero attached hydrogens (tertiary/aromatic N) is 1. The van der Waals surface area contributed by atoms with Crippen molar-refractivity contribution in [3.05, 3.63) is 0 Å². The molecule has 0 fully saturated rings. The molecule has 3 heteroatoms. The summed E-state index contributed by atoms with van der Waals surface area (Å²) < 4.78 is 0. The predicted molar refractivity (Wildman–Crippen MR) is 83.3 cm³/mol. The minimum absolute atomic E-state index is 0.0811. The van der Waals surface area contributed by atoms with Gasteiger partial charge in [0, 0.05) is 25.6 Å². The average Bonchev–Trinajstić information content (AvgIpc) is 2.25. The second kappa shape index (κ2) is 9.35. The molecule has 0 aliphatic heterocycles. The molecule has 0 rings (SSSR count). The lowest BCUT2D eigenvalue weighted by molar-refractivity contribution is -0.133. The van der Waals surface area contributed by atoms with E-state index in [1.807, 2.05) is 0 Å². The highest BCUT2D eigenvalue weighted by Gasteiger charge is 2.20. The van der Waals surface area contributed by atoms with Gasteiger partial charge in [-0.1, -0.05) is 48.0 Å². The van der Waals surface area contributed by atoms with Crippen LogP contribution < -0.4 is 5.32 Å². The van der Waals surface area contributed by atoms with Crippen LogP contribution in [0.2, 0.25) is 0 Å². The summed E-state index contributed by atoms with van der Waals surface area (Å²) in [5.41, 5.74) is 0.0811. The summed E-state index contributed by atoms with van der Waals surface area (Å²) in [6, 6.07) is 0.523. The molecule has 0 unspecified atom stereocenters. The number of carbonyl (C=O) groups is 1. The van der Waals surface area contributed by atoms with Gasteiger partial charge < -0.3 is 10.2 Å². The van der Waals surface area contributed by atoms with E-state index in [2.05, 4.69) is 51.8 Å². The van der Waals surface area contributed by atoms with E-state index in [0.29, 0.717) is 18.4 Å². The molecule has 1 amide bonds. The first kappa shape index (κ1) is 18.4. The molecule has 0 spiro atoms. The Bertz CT molecular complexity index is 244. The molecule has 0 heterocycles. The lowest BCUT2D eigenvalue weighted by atomic mass is 9.91. The third kappa shape index (κ3) is 11.0. The molecule has 0 bridgehead atoms. The number of hydrogen-bond donors (Lipinski definition) is 1. The fourth-order valence-electron chi connectivity index (χ4n) is 1.94. The number of hydrogen-bond acceptors (Lipinski definition) is 2. The minimum Gasteiger partial charge on any atom is -0.343 e. The Morgan fingerprint density at radius 1 is 1.16 bits per heavy atom. The molecule has 0 atom stereocenters. The summed E-state index contributed by atoms with van der Waals surface area (Å²) in [5, 5.41) is 3.41. The highest BCUT2D eigenvalue weighted by Crippen LogP contribution is 2.20. The monoisotopic (exact) mass is 270 g/mol. The van der Waals surface area contributed by atoms with Crippen molar-refractivity contribution < 1.29 is 4.79 Å². The summed E-state index contributed by atoms with van der Waals surface area (Å²) in [5.74, 6) is 0.311. The molecule has 0 aromatic rings. The Labute approximate surface area is 120 Å². The van der Waals surface area contributed by atoms with Gasteiger partial charge >= 0.3 is 0 Å². The van der Waals surface area contributed by atoms with Crippen molar-refractivity contribution in [2.75, 3.05) is 19.6 Å². The molecule has 0 aliphatic carbocycles. The highest BCUT2D eigenvalue weighted by atomic mass is 16.2. The molecular formula is C16H34N2O. The molecule has 0 radical (unpaired) electrons. The fraction of sp³-hybridized carbons (Fsp3) is 0.938. The van der Waals surface area contributed by atoms with Crippen molar-refractivity contribution in [3.63, 3.8) is 0 Å². The van der Waals surface area contributed by atoms with Crippen LogP contribution in [-0.4, -0.2) is 36.5 Å².